The van der Waals surface area contributed by atoms with Crippen molar-refractivity contribution in [1.82, 2.24) is 9.97 Å². The van der Waals surface area contributed by atoms with Crippen LogP contribution < -0.4 is 10.0 Å². The first-order valence-corrected chi connectivity index (χ1v) is 8.15. The smallest absolute Gasteiger partial charge is 0.263 e. The van der Waals surface area contributed by atoms with Crippen molar-refractivity contribution in [3.05, 3.63) is 42.4 Å². The van der Waals surface area contributed by atoms with Gasteiger partial charge >= 0.3 is 0 Å². The second kappa shape index (κ2) is 6.53. The molecule has 0 amide bonds. The van der Waals surface area contributed by atoms with Crippen LogP contribution >= 0.6 is 0 Å². The fraction of sp³-hybridized carbons (Fsp3) is 0.286. The maximum atomic E-state index is 12.3. The highest BCUT2D eigenvalue weighted by molar-refractivity contribution is 7.92. The lowest BCUT2D eigenvalue weighted by molar-refractivity contribution is 0.600. The predicted molar refractivity (Wildman–Crippen MR) is 82.8 cm³/mol. The van der Waals surface area contributed by atoms with Crippen LogP contribution in [0.4, 0.5) is 11.5 Å². The minimum absolute atomic E-state index is 0.118. The number of nitrogens with one attached hydrogen (secondary N) is 2. The van der Waals surface area contributed by atoms with Gasteiger partial charge in [-0.15, -0.1) is 0 Å². The van der Waals surface area contributed by atoms with E-state index >= 15 is 0 Å². The zero-order valence-corrected chi connectivity index (χ0v) is 12.8. The molecule has 2 heterocycles. The largest absolute Gasteiger partial charge is 0.370 e. The predicted octanol–water partition coefficient (Wildman–Crippen LogP) is 2.41. The van der Waals surface area contributed by atoms with E-state index in [2.05, 4.69) is 20.0 Å². The van der Waals surface area contributed by atoms with E-state index in [0.29, 0.717) is 17.2 Å². The van der Waals surface area contributed by atoms with Gasteiger partial charge in [-0.2, -0.15) is 0 Å². The molecule has 0 bridgehead atoms. The molecule has 0 aliphatic carbocycles. The van der Waals surface area contributed by atoms with E-state index in [9.17, 15) is 8.42 Å². The van der Waals surface area contributed by atoms with Crippen LogP contribution in [0, 0.1) is 6.92 Å². The average Bonchev–Trinajstić information content (AvgIpc) is 2.48. The molecule has 6 nitrogen and oxygen atoms in total. The standard InChI is InChI=1S/C14H18N4O2S/c1-3-8-16-14-7-6-12(10-17-14)21(19,20)18-13-5-4-9-15-11(13)2/h4-7,9-10,18H,3,8H2,1-2H3,(H,16,17). The number of aromatic nitrogens is 2. The normalized spacial score (nSPS) is 11.1. The summed E-state index contributed by atoms with van der Waals surface area (Å²) < 4.78 is 27.1. The average molecular weight is 306 g/mol. The van der Waals surface area contributed by atoms with Crippen molar-refractivity contribution >= 4 is 21.5 Å². The summed E-state index contributed by atoms with van der Waals surface area (Å²) in [6.45, 7) is 4.59. The number of anilines is 2. The molecule has 112 valence electrons. The van der Waals surface area contributed by atoms with Gasteiger partial charge in [-0.25, -0.2) is 13.4 Å². The van der Waals surface area contributed by atoms with E-state index in [-0.39, 0.29) is 4.90 Å². The van der Waals surface area contributed by atoms with Crippen LogP contribution in [0.3, 0.4) is 0 Å². The quantitative estimate of drug-likeness (QED) is 0.856. The molecule has 21 heavy (non-hydrogen) atoms. The molecule has 2 rings (SSSR count). The van der Waals surface area contributed by atoms with Gasteiger partial charge in [0.2, 0.25) is 0 Å². The fourth-order valence-corrected chi connectivity index (χ4v) is 2.75. The van der Waals surface area contributed by atoms with Crippen LogP contribution in [0.15, 0.2) is 41.6 Å². The Morgan fingerprint density at radius 1 is 1.19 bits per heavy atom. The molecule has 7 heteroatoms. The minimum Gasteiger partial charge on any atom is -0.370 e. The second-order valence-electron chi connectivity index (χ2n) is 4.55. The molecule has 0 saturated heterocycles. The molecule has 0 aromatic carbocycles. The zero-order valence-electron chi connectivity index (χ0n) is 12.0. The number of hydrogen-bond donors (Lipinski definition) is 2. The molecule has 0 spiro atoms. The Labute approximate surface area is 124 Å². The van der Waals surface area contributed by atoms with Crippen molar-refractivity contribution in [1.29, 1.82) is 0 Å². The molecule has 2 N–H and O–H groups in total. The summed E-state index contributed by atoms with van der Waals surface area (Å²) in [5.74, 6) is 0.661. The number of hydrogen-bond acceptors (Lipinski definition) is 5. The fourth-order valence-electron chi connectivity index (χ4n) is 1.69. The molecule has 0 saturated carbocycles. The van der Waals surface area contributed by atoms with E-state index < -0.39 is 10.0 Å². The molecule has 0 unspecified atom stereocenters. The van der Waals surface area contributed by atoms with Crippen LogP contribution in [0.1, 0.15) is 19.0 Å². The van der Waals surface area contributed by atoms with E-state index in [4.69, 9.17) is 0 Å². The molecule has 0 aliphatic rings. The third kappa shape index (κ3) is 3.91. The zero-order chi connectivity index (χ0) is 15.3. The first-order valence-electron chi connectivity index (χ1n) is 6.67. The van der Waals surface area contributed by atoms with E-state index in [0.717, 1.165) is 13.0 Å². The Bertz CT molecular complexity index is 699. The summed E-state index contributed by atoms with van der Waals surface area (Å²) in [5.41, 5.74) is 1.08. The van der Waals surface area contributed by atoms with Crippen molar-refractivity contribution in [2.24, 2.45) is 0 Å². The first kappa shape index (κ1) is 15.2. The summed E-state index contributed by atoms with van der Waals surface area (Å²) in [5, 5.41) is 3.10. The third-order valence-electron chi connectivity index (χ3n) is 2.85. The SMILES string of the molecule is CCCNc1ccc(S(=O)(=O)Nc2cccnc2C)cn1. The van der Waals surface area contributed by atoms with Crippen molar-refractivity contribution in [3.63, 3.8) is 0 Å². The molecular weight excluding hydrogens is 288 g/mol. The van der Waals surface area contributed by atoms with Crippen LogP contribution in [-0.2, 0) is 10.0 Å². The van der Waals surface area contributed by atoms with Gasteiger partial charge in [0.1, 0.15) is 10.7 Å². The molecule has 0 aliphatic heterocycles. The van der Waals surface area contributed by atoms with E-state index in [1.54, 1.807) is 31.3 Å². The highest BCUT2D eigenvalue weighted by atomic mass is 32.2. The lowest BCUT2D eigenvalue weighted by atomic mass is 10.3. The highest BCUT2D eigenvalue weighted by Crippen LogP contribution is 2.18. The number of pyridine rings is 2. The third-order valence-corrected chi connectivity index (χ3v) is 4.20. The number of rotatable bonds is 6. The molecule has 2 aromatic rings. The van der Waals surface area contributed by atoms with Gasteiger partial charge in [0.15, 0.2) is 0 Å². The summed E-state index contributed by atoms with van der Waals surface area (Å²) in [6, 6.07) is 6.53. The topological polar surface area (TPSA) is 84.0 Å². The maximum absolute atomic E-state index is 12.3. The molecule has 0 radical (unpaired) electrons. The summed E-state index contributed by atoms with van der Waals surface area (Å²) in [4.78, 5) is 8.27. The Morgan fingerprint density at radius 2 is 2.00 bits per heavy atom. The van der Waals surface area contributed by atoms with Crippen LogP contribution in [0.5, 0.6) is 0 Å². The second-order valence-corrected chi connectivity index (χ2v) is 6.23. The van der Waals surface area contributed by atoms with Gasteiger partial charge in [0.05, 0.1) is 11.4 Å². The van der Waals surface area contributed by atoms with Crippen molar-refractivity contribution < 1.29 is 8.42 Å². The van der Waals surface area contributed by atoms with Gasteiger partial charge in [-0.05, 0) is 37.6 Å². The van der Waals surface area contributed by atoms with Crippen molar-refractivity contribution in [3.8, 4) is 0 Å². The lowest BCUT2D eigenvalue weighted by Gasteiger charge is -2.10. The van der Waals surface area contributed by atoms with Crippen LogP contribution in [-0.4, -0.2) is 24.9 Å². The molecule has 2 aromatic heterocycles. The minimum atomic E-state index is -3.65. The molecule has 0 fully saturated rings. The van der Waals surface area contributed by atoms with Crippen molar-refractivity contribution in [2.45, 2.75) is 25.2 Å². The van der Waals surface area contributed by atoms with Gasteiger partial charge < -0.3 is 5.32 Å². The highest BCUT2D eigenvalue weighted by Gasteiger charge is 2.15. The Morgan fingerprint density at radius 3 is 2.62 bits per heavy atom. The van der Waals surface area contributed by atoms with Gasteiger partial charge in [0, 0.05) is 18.9 Å². The van der Waals surface area contributed by atoms with E-state index in [1.165, 1.54) is 12.3 Å². The van der Waals surface area contributed by atoms with Crippen LogP contribution in [0.2, 0.25) is 0 Å². The number of nitrogens with zero attached hydrogens (tertiary/aromatic N) is 2. The molecular formula is C14H18N4O2S. The van der Waals surface area contributed by atoms with Gasteiger partial charge in [0.25, 0.3) is 10.0 Å². The monoisotopic (exact) mass is 306 g/mol. The van der Waals surface area contributed by atoms with Gasteiger partial charge in [-0.1, -0.05) is 6.92 Å². The summed E-state index contributed by atoms with van der Waals surface area (Å²) >= 11 is 0. The van der Waals surface area contributed by atoms with Gasteiger partial charge in [-0.3, -0.25) is 9.71 Å². The number of sulfonamides is 1. The summed E-state index contributed by atoms with van der Waals surface area (Å²) in [6.07, 6.45) is 3.93. The van der Waals surface area contributed by atoms with E-state index in [1.807, 2.05) is 6.92 Å². The Kier molecular flexibility index (Phi) is 4.74. The number of aryl methyl sites for hydroxylation is 1. The Balaban J connectivity index is 2.18. The lowest BCUT2D eigenvalue weighted by Crippen LogP contribution is -2.14. The first-order chi connectivity index (χ1) is 10.0. The summed E-state index contributed by atoms with van der Waals surface area (Å²) in [7, 11) is -3.65. The van der Waals surface area contributed by atoms with Crippen LogP contribution in [0.25, 0.3) is 0 Å². The maximum Gasteiger partial charge on any atom is 0.263 e. The van der Waals surface area contributed by atoms with Crippen molar-refractivity contribution in [2.75, 3.05) is 16.6 Å². The Hall–Kier alpha value is -2.15. The molecule has 0 atom stereocenters.